The quantitative estimate of drug-likeness (QED) is 0.434. The normalized spacial score (nSPS) is 17.9. The van der Waals surface area contributed by atoms with Gasteiger partial charge in [-0.1, -0.05) is 12.5 Å². The first-order valence-electron chi connectivity index (χ1n) is 9.24. The van der Waals surface area contributed by atoms with Gasteiger partial charge in [-0.25, -0.2) is 13.2 Å². The molecule has 0 aromatic heterocycles. The van der Waals surface area contributed by atoms with E-state index >= 15 is 0 Å². The molecule has 0 amide bonds. The van der Waals surface area contributed by atoms with Gasteiger partial charge < -0.3 is 4.74 Å². The van der Waals surface area contributed by atoms with Crippen molar-refractivity contribution in [3.8, 4) is 5.75 Å². The summed E-state index contributed by atoms with van der Waals surface area (Å²) in [7, 11) is -3.67. The Morgan fingerprint density at radius 3 is 2.39 bits per heavy atom. The molecule has 1 aliphatic heterocycles. The summed E-state index contributed by atoms with van der Waals surface area (Å²) in [4.78, 5) is 23.9. The zero-order chi connectivity index (χ0) is 20.3. The van der Waals surface area contributed by atoms with Crippen LogP contribution in [0.25, 0.3) is 0 Å². The molecule has 1 atom stereocenters. The molecule has 28 heavy (non-hydrogen) atoms. The number of sulfonamides is 1. The lowest BCUT2D eigenvalue weighted by Crippen LogP contribution is -2.41. The smallest absolute Gasteiger partial charge is 0.343 e. The van der Waals surface area contributed by atoms with Crippen LogP contribution in [0.4, 0.5) is 0 Å². The minimum absolute atomic E-state index is 0.0610. The molecular weight excluding hydrogens is 378 g/mol. The summed E-state index contributed by atoms with van der Waals surface area (Å²) < 4.78 is 32.8. The van der Waals surface area contributed by atoms with Crippen LogP contribution in [-0.2, 0) is 10.0 Å². The van der Waals surface area contributed by atoms with Gasteiger partial charge >= 0.3 is 5.97 Å². The second-order valence-electron chi connectivity index (χ2n) is 6.96. The minimum Gasteiger partial charge on any atom is -0.423 e. The highest BCUT2D eigenvalue weighted by atomic mass is 32.2. The molecule has 7 heteroatoms. The van der Waals surface area contributed by atoms with Crippen molar-refractivity contribution in [1.29, 1.82) is 0 Å². The summed E-state index contributed by atoms with van der Waals surface area (Å²) in [5.41, 5.74) is 0.671. The fourth-order valence-corrected chi connectivity index (χ4v) is 5.02. The van der Waals surface area contributed by atoms with Gasteiger partial charge in [0.2, 0.25) is 10.0 Å². The number of benzene rings is 2. The van der Waals surface area contributed by atoms with E-state index in [0.29, 0.717) is 12.1 Å². The molecule has 1 saturated heterocycles. The van der Waals surface area contributed by atoms with Crippen molar-refractivity contribution in [2.24, 2.45) is 0 Å². The molecule has 1 aliphatic rings. The second kappa shape index (κ2) is 8.24. The van der Waals surface area contributed by atoms with Crippen LogP contribution in [0.5, 0.6) is 5.75 Å². The fourth-order valence-electron chi connectivity index (χ4n) is 3.27. The molecule has 3 rings (SSSR count). The predicted octanol–water partition coefficient (Wildman–Crippen LogP) is 3.67. The molecule has 0 aliphatic carbocycles. The first kappa shape index (κ1) is 20.2. The van der Waals surface area contributed by atoms with Crippen LogP contribution in [0.2, 0.25) is 0 Å². The van der Waals surface area contributed by atoms with Crippen LogP contribution in [-0.4, -0.2) is 37.1 Å². The van der Waals surface area contributed by atoms with E-state index < -0.39 is 16.0 Å². The number of hydrogen-bond donors (Lipinski definition) is 0. The van der Waals surface area contributed by atoms with Crippen molar-refractivity contribution in [2.75, 3.05) is 6.54 Å². The number of Topliss-reactive ketones (excluding diaryl/α,β-unsaturated/α-hetero) is 1. The maximum Gasteiger partial charge on any atom is 0.343 e. The van der Waals surface area contributed by atoms with Crippen molar-refractivity contribution in [3.05, 3.63) is 59.7 Å². The third kappa shape index (κ3) is 4.31. The molecule has 0 saturated carbocycles. The Balaban J connectivity index is 1.80. The monoisotopic (exact) mass is 401 g/mol. The lowest BCUT2D eigenvalue weighted by atomic mass is 10.1. The second-order valence-corrected chi connectivity index (χ2v) is 8.85. The van der Waals surface area contributed by atoms with Crippen molar-refractivity contribution in [1.82, 2.24) is 4.31 Å². The summed E-state index contributed by atoms with van der Waals surface area (Å²) >= 11 is 0. The number of ketones is 1. The molecule has 6 nitrogen and oxygen atoms in total. The molecule has 0 N–H and O–H groups in total. The number of carbonyl (C=O) groups is 2. The molecule has 2 aromatic carbocycles. The largest absolute Gasteiger partial charge is 0.423 e. The van der Waals surface area contributed by atoms with Gasteiger partial charge in [-0.15, -0.1) is 0 Å². The third-order valence-corrected chi connectivity index (χ3v) is 6.90. The van der Waals surface area contributed by atoms with Gasteiger partial charge in [0, 0.05) is 18.2 Å². The first-order chi connectivity index (χ1) is 13.3. The number of rotatable bonds is 5. The van der Waals surface area contributed by atoms with Crippen LogP contribution in [0.1, 0.15) is 53.8 Å². The van der Waals surface area contributed by atoms with E-state index in [2.05, 4.69) is 0 Å². The Kier molecular flexibility index (Phi) is 5.96. The number of esters is 1. The number of piperidine rings is 1. The van der Waals surface area contributed by atoms with Gasteiger partial charge in [0.1, 0.15) is 5.75 Å². The van der Waals surface area contributed by atoms with E-state index in [4.69, 9.17) is 4.74 Å². The Labute approximate surface area is 165 Å². The molecule has 1 heterocycles. The molecule has 0 spiro atoms. The summed E-state index contributed by atoms with van der Waals surface area (Å²) in [6, 6.07) is 12.1. The molecule has 2 aromatic rings. The van der Waals surface area contributed by atoms with Crippen LogP contribution in [0.3, 0.4) is 0 Å². The van der Waals surface area contributed by atoms with Gasteiger partial charge in [0.15, 0.2) is 5.78 Å². The van der Waals surface area contributed by atoms with E-state index in [1.807, 2.05) is 6.92 Å². The Hall–Kier alpha value is -2.51. The van der Waals surface area contributed by atoms with Crippen molar-refractivity contribution < 1.29 is 22.7 Å². The van der Waals surface area contributed by atoms with Crippen molar-refractivity contribution >= 4 is 21.8 Å². The number of carbonyl (C=O) groups excluding carboxylic acids is 2. The molecule has 1 fully saturated rings. The molecule has 0 radical (unpaired) electrons. The number of nitrogens with zero attached hydrogens (tertiary/aromatic N) is 1. The third-order valence-electron chi connectivity index (χ3n) is 4.89. The van der Waals surface area contributed by atoms with Gasteiger partial charge in [0.05, 0.1) is 10.5 Å². The Bertz CT molecular complexity index is 982. The standard InChI is InChI=1S/C21H23NO5S/c1-15-6-3-4-13-22(15)28(25,26)20-8-5-7-18(14-20)21(24)27-19-11-9-17(10-12-19)16(2)23/h5,7-12,14-15H,3-4,6,13H2,1-2H3/t15-/m1/s1. The highest BCUT2D eigenvalue weighted by molar-refractivity contribution is 7.89. The molecule has 0 unspecified atom stereocenters. The summed E-state index contributed by atoms with van der Waals surface area (Å²) in [6.45, 7) is 3.84. The van der Waals surface area contributed by atoms with E-state index in [-0.39, 0.29) is 28.0 Å². The van der Waals surface area contributed by atoms with E-state index in [9.17, 15) is 18.0 Å². The lowest BCUT2D eigenvalue weighted by molar-refractivity contribution is 0.0734. The van der Waals surface area contributed by atoms with Gasteiger partial charge in [-0.2, -0.15) is 4.31 Å². The van der Waals surface area contributed by atoms with E-state index in [1.165, 1.54) is 47.6 Å². The summed E-state index contributed by atoms with van der Waals surface area (Å²) in [5.74, 6) is -0.449. The molecule has 148 valence electrons. The Morgan fingerprint density at radius 1 is 1.04 bits per heavy atom. The van der Waals surface area contributed by atoms with Gasteiger partial charge in [-0.3, -0.25) is 4.79 Å². The fraction of sp³-hybridized carbons (Fsp3) is 0.333. The average Bonchev–Trinajstić information content (AvgIpc) is 2.68. The number of ether oxygens (including phenoxy) is 1. The minimum atomic E-state index is -3.67. The van der Waals surface area contributed by atoms with E-state index in [1.54, 1.807) is 12.1 Å². The predicted molar refractivity (Wildman–Crippen MR) is 105 cm³/mol. The highest BCUT2D eigenvalue weighted by Crippen LogP contribution is 2.26. The van der Waals surface area contributed by atoms with Crippen molar-refractivity contribution in [2.45, 2.75) is 44.0 Å². The van der Waals surface area contributed by atoms with E-state index in [0.717, 1.165) is 19.3 Å². The van der Waals surface area contributed by atoms with Crippen LogP contribution < -0.4 is 4.74 Å². The van der Waals surface area contributed by atoms with Crippen LogP contribution in [0.15, 0.2) is 53.4 Å². The number of hydrogen-bond acceptors (Lipinski definition) is 5. The lowest BCUT2D eigenvalue weighted by Gasteiger charge is -2.32. The average molecular weight is 401 g/mol. The Morgan fingerprint density at radius 2 is 1.75 bits per heavy atom. The summed E-state index contributed by atoms with van der Waals surface area (Å²) in [6.07, 6.45) is 2.68. The van der Waals surface area contributed by atoms with Crippen LogP contribution in [0, 0.1) is 0 Å². The maximum absolute atomic E-state index is 13.0. The maximum atomic E-state index is 13.0. The van der Waals surface area contributed by atoms with Crippen LogP contribution >= 0.6 is 0 Å². The van der Waals surface area contributed by atoms with Gasteiger partial charge in [-0.05, 0) is 69.2 Å². The molecular formula is C21H23NO5S. The zero-order valence-electron chi connectivity index (χ0n) is 15.9. The molecule has 0 bridgehead atoms. The van der Waals surface area contributed by atoms with Crippen molar-refractivity contribution in [3.63, 3.8) is 0 Å². The first-order valence-corrected chi connectivity index (χ1v) is 10.7. The highest BCUT2D eigenvalue weighted by Gasteiger charge is 2.31. The zero-order valence-corrected chi connectivity index (χ0v) is 16.7. The summed E-state index contributed by atoms with van der Waals surface area (Å²) in [5, 5.41) is 0. The topological polar surface area (TPSA) is 80.8 Å². The van der Waals surface area contributed by atoms with Gasteiger partial charge in [0.25, 0.3) is 0 Å². The SMILES string of the molecule is CC(=O)c1ccc(OC(=O)c2cccc(S(=O)(=O)N3CCCC[C@H]3C)c2)cc1.